The molecule has 0 unspecified atom stereocenters. The minimum absolute atomic E-state index is 0.111. The molecule has 0 bridgehead atoms. The number of hydrogen-bond acceptors (Lipinski definition) is 5. The lowest BCUT2D eigenvalue weighted by atomic mass is 10.2. The molecule has 0 radical (unpaired) electrons. The van der Waals surface area contributed by atoms with Crippen molar-refractivity contribution in [2.45, 2.75) is 45.4 Å². The molecule has 196 valence electrons. The Hall–Kier alpha value is -2.78. The molecule has 2 heterocycles. The van der Waals surface area contributed by atoms with E-state index in [1.807, 2.05) is 42.6 Å². The number of carbonyl (C=O) groups excluding carboxylic acids is 1. The lowest BCUT2D eigenvalue weighted by Crippen LogP contribution is -2.41. The van der Waals surface area contributed by atoms with Crippen LogP contribution in [0.4, 0.5) is 11.4 Å². The zero-order valence-electron chi connectivity index (χ0n) is 21.9. The predicted octanol–water partition coefficient (Wildman–Crippen LogP) is 7.80. The van der Waals surface area contributed by atoms with Crippen LogP contribution in [-0.2, 0) is 11.0 Å². The number of hydrogen-bond donors (Lipinski definition) is 3. The minimum atomic E-state index is -1.74. The second kappa shape index (κ2) is 10.9. The molecule has 3 N–H and O–H groups in total. The number of carbonyl (C=O) groups is 1. The number of nitrogens with zero attached hydrogens (tertiary/aromatic N) is 1. The average Bonchev–Trinajstić information content (AvgIpc) is 3.41. The highest BCUT2D eigenvalue weighted by Crippen LogP contribution is 2.37. The fourth-order valence-electron chi connectivity index (χ4n) is 3.79. The van der Waals surface area contributed by atoms with Crippen LogP contribution in [0, 0.1) is 0 Å². The maximum atomic E-state index is 12.6. The Balaban J connectivity index is 1.40. The third-order valence-corrected chi connectivity index (χ3v) is 12.7. The SMILES string of the molecule is CC(C)(C)[Si](C)(C)OCCNc1ccc(Cn2cc3cccc(NC(=O)c4ccc(Cl)s4)c3c2O)cc1. The summed E-state index contributed by atoms with van der Waals surface area (Å²) in [5.41, 5.74) is 2.64. The van der Waals surface area contributed by atoms with Crippen molar-refractivity contribution in [3.05, 3.63) is 75.6 Å². The minimum Gasteiger partial charge on any atom is -0.494 e. The number of halogens is 1. The van der Waals surface area contributed by atoms with E-state index in [1.54, 1.807) is 22.8 Å². The van der Waals surface area contributed by atoms with Gasteiger partial charge in [-0.2, -0.15) is 0 Å². The summed E-state index contributed by atoms with van der Waals surface area (Å²) in [6, 6.07) is 17.1. The number of aromatic hydroxyl groups is 1. The fraction of sp³-hybridized carbons (Fsp3) is 0.321. The quantitative estimate of drug-likeness (QED) is 0.145. The van der Waals surface area contributed by atoms with E-state index in [-0.39, 0.29) is 16.8 Å². The molecule has 6 nitrogen and oxygen atoms in total. The molecule has 4 rings (SSSR count). The van der Waals surface area contributed by atoms with Crippen LogP contribution in [0.5, 0.6) is 5.88 Å². The Labute approximate surface area is 228 Å². The van der Waals surface area contributed by atoms with Crippen LogP contribution in [-0.4, -0.2) is 37.0 Å². The Bertz CT molecular complexity index is 1390. The van der Waals surface area contributed by atoms with Gasteiger partial charge in [-0.3, -0.25) is 4.79 Å². The smallest absolute Gasteiger partial charge is 0.265 e. The molecular weight excluding hydrogens is 522 g/mol. The average molecular weight is 556 g/mol. The summed E-state index contributed by atoms with van der Waals surface area (Å²) in [4.78, 5) is 13.2. The van der Waals surface area contributed by atoms with Gasteiger partial charge in [-0.25, -0.2) is 0 Å². The molecule has 2 aromatic heterocycles. The summed E-state index contributed by atoms with van der Waals surface area (Å²) in [5, 5.41) is 19.0. The van der Waals surface area contributed by atoms with Crippen LogP contribution in [0.25, 0.3) is 10.8 Å². The van der Waals surface area contributed by atoms with Crippen LogP contribution in [0.3, 0.4) is 0 Å². The molecule has 37 heavy (non-hydrogen) atoms. The van der Waals surface area contributed by atoms with Crippen LogP contribution in [0.1, 0.15) is 36.0 Å². The number of anilines is 2. The number of thiophene rings is 1. The van der Waals surface area contributed by atoms with Gasteiger partial charge in [0.15, 0.2) is 8.32 Å². The standard InChI is InChI=1S/C28H34ClN3O3SSi/c1-28(2,3)37(4,5)35-16-15-30-21-11-9-19(10-12-21)17-32-18-20-7-6-8-22(25(20)27(32)34)31-26(33)23-13-14-24(29)36-23/h6-14,18,30,34H,15-17H2,1-5H3,(H,31,33). The van der Waals surface area contributed by atoms with E-state index in [2.05, 4.69) is 44.5 Å². The van der Waals surface area contributed by atoms with Crippen molar-refractivity contribution in [2.75, 3.05) is 23.8 Å². The van der Waals surface area contributed by atoms with E-state index in [0.29, 0.717) is 33.4 Å². The summed E-state index contributed by atoms with van der Waals surface area (Å²) in [5.74, 6) is -0.144. The molecule has 0 saturated heterocycles. The number of fused-ring (bicyclic) bond motifs is 1. The number of amides is 1. The van der Waals surface area contributed by atoms with Crippen LogP contribution < -0.4 is 10.6 Å². The van der Waals surface area contributed by atoms with E-state index >= 15 is 0 Å². The first-order valence-electron chi connectivity index (χ1n) is 12.3. The van der Waals surface area contributed by atoms with Crippen molar-refractivity contribution in [3.8, 4) is 5.88 Å². The maximum absolute atomic E-state index is 12.6. The highest BCUT2D eigenvalue weighted by atomic mass is 35.5. The molecule has 0 saturated carbocycles. The summed E-state index contributed by atoms with van der Waals surface area (Å²) in [7, 11) is -1.74. The highest BCUT2D eigenvalue weighted by molar-refractivity contribution is 7.18. The first-order valence-corrected chi connectivity index (χ1v) is 16.4. The number of nitrogens with one attached hydrogen (secondary N) is 2. The monoisotopic (exact) mass is 555 g/mol. The van der Waals surface area contributed by atoms with Gasteiger partial charge in [0.2, 0.25) is 5.88 Å². The van der Waals surface area contributed by atoms with Crippen LogP contribution in [0.2, 0.25) is 22.5 Å². The van der Waals surface area contributed by atoms with Crippen molar-refractivity contribution in [1.29, 1.82) is 0 Å². The van der Waals surface area contributed by atoms with Gasteiger partial charge < -0.3 is 24.7 Å². The topological polar surface area (TPSA) is 75.5 Å². The summed E-state index contributed by atoms with van der Waals surface area (Å²) < 4.78 is 8.58. The van der Waals surface area contributed by atoms with Crippen molar-refractivity contribution < 1.29 is 14.3 Å². The number of benzene rings is 2. The zero-order chi connectivity index (χ0) is 26.8. The Morgan fingerprint density at radius 2 is 1.84 bits per heavy atom. The Morgan fingerprint density at radius 3 is 2.49 bits per heavy atom. The third kappa shape index (κ3) is 6.38. The molecule has 0 aliphatic carbocycles. The molecule has 0 atom stereocenters. The van der Waals surface area contributed by atoms with E-state index in [1.165, 1.54) is 11.3 Å². The second-order valence-corrected chi connectivity index (χ2v) is 17.2. The summed E-state index contributed by atoms with van der Waals surface area (Å²) >= 11 is 7.18. The fourth-order valence-corrected chi connectivity index (χ4v) is 5.77. The first-order chi connectivity index (χ1) is 17.4. The van der Waals surface area contributed by atoms with Gasteiger partial charge in [0.1, 0.15) is 0 Å². The molecule has 0 aliphatic heterocycles. The van der Waals surface area contributed by atoms with E-state index in [0.717, 1.165) is 23.2 Å². The zero-order valence-corrected chi connectivity index (χ0v) is 24.5. The largest absolute Gasteiger partial charge is 0.494 e. The summed E-state index contributed by atoms with van der Waals surface area (Å²) in [6.07, 6.45) is 1.90. The van der Waals surface area contributed by atoms with Gasteiger partial charge in [0.05, 0.1) is 33.4 Å². The molecule has 1 amide bonds. The lowest BCUT2D eigenvalue weighted by molar-refractivity contribution is 0.103. The van der Waals surface area contributed by atoms with Gasteiger partial charge in [-0.05, 0) is 54.0 Å². The van der Waals surface area contributed by atoms with Crippen molar-refractivity contribution >= 4 is 59.3 Å². The van der Waals surface area contributed by atoms with Crippen molar-refractivity contribution in [3.63, 3.8) is 0 Å². The molecule has 0 spiro atoms. The van der Waals surface area contributed by atoms with Gasteiger partial charge in [-0.1, -0.05) is 56.6 Å². The van der Waals surface area contributed by atoms with Gasteiger partial charge in [0, 0.05) is 23.8 Å². The number of aromatic nitrogens is 1. The van der Waals surface area contributed by atoms with E-state index in [9.17, 15) is 9.90 Å². The third-order valence-electron chi connectivity index (χ3n) is 6.94. The molecule has 0 aliphatic rings. The molecule has 9 heteroatoms. The second-order valence-electron chi connectivity index (χ2n) is 10.6. The van der Waals surface area contributed by atoms with Gasteiger partial charge >= 0.3 is 0 Å². The summed E-state index contributed by atoms with van der Waals surface area (Å²) in [6.45, 7) is 13.2. The molecule has 0 fully saturated rings. The van der Waals surface area contributed by atoms with Gasteiger partial charge in [-0.15, -0.1) is 11.3 Å². The van der Waals surface area contributed by atoms with E-state index < -0.39 is 8.32 Å². The Morgan fingerprint density at radius 1 is 1.11 bits per heavy atom. The Kier molecular flexibility index (Phi) is 8.04. The highest BCUT2D eigenvalue weighted by Gasteiger charge is 2.36. The van der Waals surface area contributed by atoms with Crippen LogP contribution >= 0.6 is 22.9 Å². The molecule has 2 aromatic carbocycles. The van der Waals surface area contributed by atoms with Gasteiger partial charge in [0.25, 0.3) is 5.91 Å². The molecule has 4 aromatic rings. The number of rotatable bonds is 9. The lowest BCUT2D eigenvalue weighted by Gasteiger charge is -2.36. The first kappa shape index (κ1) is 27.3. The normalized spacial score (nSPS) is 12.2. The van der Waals surface area contributed by atoms with Crippen molar-refractivity contribution in [2.24, 2.45) is 0 Å². The van der Waals surface area contributed by atoms with Crippen LogP contribution in [0.15, 0.2) is 60.8 Å². The predicted molar refractivity (Wildman–Crippen MR) is 158 cm³/mol. The molecular formula is C28H34ClN3O3SSi. The maximum Gasteiger partial charge on any atom is 0.265 e. The van der Waals surface area contributed by atoms with Crippen molar-refractivity contribution in [1.82, 2.24) is 4.57 Å². The van der Waals surface area contributed by atoms with E-state index in [4.69, 9.17) is 16.0 Å².